The molecule has 0 saturated carbocycles. The Morgan fingerprint density at radius 2 is 1.85 bits per heavy atom. The number of hydrogen-bond acceptors (Lipinski definition) is 3. The summed E-state index contributed by atoms with van der Waals surface area (Å²) in [6, 6.07) is 16.6. The number of benzene rings is 2. The molecule has 2 aromatic carbocycles. The third-order valence-electron chi connectivity index (χ3n) is 3.03. The molecule has 0 bridgehead atoms. The van der Waals surface area contributed by atoms with Gasteiger partial charge >= 0.3 is 0 Å². The second-order valence-electron chi connectivity index (χ2n) is 4.42. The van der Waals surface area contributed by atoms with Crippen LogP contribution in [0.25, 0.3) is 10.9 Å². The predicted octanol–water partition coefficient (Wildman–Crippen LogP) is 4.73. The van der Waals surface area contributed by atoms with Crippen molar-refractivity contribution in [2.75, 3.05) is 5.75 Å². The molecule has 3 rings (SSSR count). The van der Waals surface area contributed by atoms with E-state index in [0.29, 0.717) is 0 Å². The van der Waals surface area contributed by atoms with Gasteiger partial charge in [-0.25, -0.2) is 9.97 Å². The number of thioether (sulfide) groups is 1. The summed E-state index contributed by atoms with van der Waals surface area (Å²) in [6.45, 7) is 0. The number of hydrogen-bond donors (Lipinski definition) is 0. The normalized spacial score (nSPS) is 10.8. The Bertz CT molecular complexity index is 716. The van der Waals surface area contributed by atoms with E-state index in [-0.39, 0.29) is 0 Å². The van der Waals surface area contributed by atoms with Crippen molar-refractivity contribution < 1.29 is 0 Å². The molecule has 1 heterocycles. The molecule has 20 heavy (non-hydrogen) atoms. The zero-order valence-corrected chi connectivity index (χ0v) is 13.2. The lowest BCUT2D eigenvalue weighted by Gasteiger charge is -2.05. The largest absolute Gasteiger partial charge is 0.236 e. The number of rotatable bonds is 4. The van der Waals surface area contributed by atoms with E-state index in [1.54, 1.807) is 18.1 Å². The molecule has 0 fully saturated rings. The SMILES string of the molecule is Brc1ccc2ncnc(SCCc3ccccc3)c2c1. The van der Waals surface area contributed by atoms with Gasteiger partial charge in [0.25, 0.3) is 0 Å². The summed E-state index contributed by atoms with van der Waals surface area (Å²) in [5.41, 5.74) is 2.35. The highest BCUT2D eigenvalue weighted by molar-refractivity contribution is 9.10. The summed E-state index contributed by atoms with van der Waals surface area (Å²) in [4.78, 5) is 8.71. The zero-order valence-electron chi connectivity index (χ0n) is 10.8. The molecular weight excluding hydrogens is 332 g/mol. The average Bonchev–Trinajstić information content (AvgIpc) is 2.49. The first-order valence-corrected chi connectivity index (χ1v) is 8.18. The molecule has 0 aliphatic heterocycles. The Balaban J connectivity index is 1.76. The minimum Gasteiger partial charge on any atom is -0.236 e. The van der Waals surface area contributed by atoms with Crippen LogP contribution in [0.1, 0.15) is 5.56 Å². The molecule has 0 N–H and O–H groups in total. The van der Waals surface area contributed by atoms with Crippen molar-refractivity contribution in [3.63, 3.8) is 0 Å². The summed E-state index contributed by atoms with van der Waals surface area (Å²) in [5.74, 6) is 1.02. The summed E-state index contributed by atoms with van der Waals surface area (Å²) >= 11 is 5.29. The molecule has 4 heteroatoms. The van der Waals surface area contributed by atoms with Crippen LogP contribution in [-0.2, 0) is 6.42 Å². The van der Waals surface area contributed by atoms with Crippen LogP contribution < -0.4 is 0 Å². The van der Waals surface area contributed by atoms with Gasteiger partial charge in [0.1, 0.15) is 11.4 Å². The second-order valence-corrected chi connectivity index (χ2v) is 6.42. The highest BCUT2D eigenvalue weighted by Crippen LogP contribution is 2.27. The first-order chi connectivity index (χ1) is 9.83. The topological polar surface area (TPSA) is 25.8 Å². The molecule has 0 atom stereocenters. The fourth-order valence-electron chi connectivity index (χ4n) is 2.03. The quantitative estimate of drug-likeness (QED) is 0.505. The van der Waals surface area contributed by atoms with Gasteiger partial charge in [0.2, 0.25) is 0 Å². The third kappa shape index (κ3) is 3.19. The van der Waals surface area contributed by atoms with Crippen molar-refractivity contribution >= 4 is 38.6 Å². The lowest BCUT2D eigenvalue weighted by atomic mass is 10.2. The number of nitrogens with zero attached hydrogens (tertiary/aromatic N) is 2. The minimum atomic E-state index is 0.991. The van der Waals surface area contributed by atoms with E-state index in [2.05, 4.69) is 56.2 Å². The fraction of sp³-hybridized carbons (Fsp3) is 0.125. The van der Waals surface area contributed by atoms with E-state index in [1.807, 2.05) is 18.2 Å². The maximum Gasteiger partial charge on any atom is 0.117 e. The predicted molar refractivity (Wildman–Crippen MR) is 88.1 cm³/mol. The van der Waals surface area contributed by atoms with Crippen LogP contribution in [0.3, 0.4) is 0 Å². The molecule has 0 saturated heterocycles. The highest BCUT2D eigenvalue weighted by atomic mass is 79.9. The van der Waals surface area contributed by atoms with Crippen molar-refractivity contribution in [3.05, 3.63) is 64.9 Å². The maximum absolute atomic E-state index is 4.41. The summed E-state index contributed by atoms with van der Waals surface area (Å²) in [7, 11) is 0. The van der Waals surface area contributed by atoms with Gasteiger partial charge in [-0.15, -0.1) is 11.8 Å². The molecule has 0 amide bonds. The van der Waals surface area contributed by atoms with E-state index in [9.17, 15) is 0 Å². The van der Waals surface area contributed by atoms with Crippen LogP contribution in [0.5, 0.6) is 0 Å². The first kappa shape index (κ1) is 13.6. The summed E-state index contributed by atoms with van der Waals surface area (Å²) < 4.78 is 1.06. The molecule has 3 aromatic rings. The second kappa shape index (κ2) is 6.37. The molecule has 0 aliphatic rings. The Labute approximate surface area is 130 Å². The van der Waals surface area contributed by atoms with E-state index < -0.39 is 0 Å². The fourth-order valence-corrected chi connectivity index (χ4v) is 3.36. The molecule has 0 radical (unpaired) electrons. The lowest BCUT2D eigenvalue weighted by molar-refractivity contribution is 1.09. The van der Waals surface area contributed by atoms with Crippen LogP contribution in [-0.4, -0.2) is 15.7 Å². The molecule has 0 aliphatic carbocycles. The zero-order chi connectivity index (χ0) is 13.8. The van der Waals surface area contributed by atoms with Crippen molar-refractivity contribution in [3.8, 4) is 0 Å². The van der Waals surface area contributed by atoms with Crippen molar-refractivity contribution in [2.24, 2.45) is 0 Å². The van der Waals surface area contributed by atoms with E-state index in [4.69, 9.17) is 0 Å². The van der Waals surface area contributed by atoms with Gasteiger partial charge in [0.05, 0.1) is 5.52 Å². The molecular formula is C16H13BrN2S. The van der Waals surface area contributed by atoms with Gasteiger partial charge in [0, 0.05) is 15.6 Å². The number of aryl methyl sites for hydroxylation is 1. The van der Waals surface area contributed by atoms with Gasteiger partial charge in [-0.1, -0.05) is 46.3 Å². The van der Waals surface area contributed by atoms with Crippen molar-refractivity contribution in [2.45, 2.75) is 11.4 Å². The van der Waals surface area contributed by atoms with Gasteiger partial charge in [0.15, 0.2) is 0 Å². The smallest absolute Gasteiger partial charge is 0.117 e. The van der Waals surface area contributed by atoms with Gasteiger partial charge in [-0.3, -0.25) is 0 Å². The summed E-state index contributed by atoms with van der Waals surface area (Å²) in [5, 5.41) is 2.16. The third-order valence-corrected chi connectivity index (χ3v) is 4.53. The Morgan fingerprint density at radius 1 is 1.00 bits per heavy atom. The van der Waals surface area contributed by atoms with Gasteiger partial charge in [-0.05, 0) is 30.2 Å². The molecule has 100 valence electrons. The molecule has 2 nitrogen and oxygen atoms in total. The minimum absolute atomic E-state index is 0.991. The van der Waals surface area contributed by atoms with Crippen LogP contribution in [0.4, 0.5) is 0 Å². The van der Waals surface area contributed by atoms with Crippen molar-refractivity contribution in [1.29, 1.82) is 0 Å². The lowest BCUT2D eigenvalue weighted by Crippen LogP contribution is -1.91. The monoisotopic (exact) mass is 344 g/mol. The van der Waals surface area contributed by atoms with E-state index >= 15 is 0 Å². The van der Waals surface area contributed by atoms with Crippen LogP contribution in [0.2, 0.25) is 0 Å². The van der Waals surface area contributed by atoms with E-state index in [1.165, 1.54) is 5.56 Å². The van der Waals surface area contributed by atoms with E-state index in [0.717, 1.165) is 32.6 Å². The van der Waals surface area contributed by atoms with Crippen molar-refractivity contribution in [1.82, 2.24) is 9.97 Å². The number of halogens is 1. The maximum atomic E-state index is 4.41. The number of fused-ring (bicyclic) bond motifs is 1. The molecule has 0 unspecified atom stereocenters. The Hall–Kier alpha value is -1.39. The number of aromatic nitrogens is 2. The highest BCUT2D eigenvalue weighted by Gasteiger charge is 2.05. The van der Waals surface area contributed by atoms with Crippen LogP contribution in [0, 0.1) is 0 Å². The Kier molecular flexibility index (Phi) is 4.33. The molecule has 0 spiro atoms. The Morgan fingerprint density at radius 3 is 2.70 bits per heavy atom. The summed E-state index contributed by atoms with van der Waals surface area (Å²) in [6.07, 6.45) is 2.69. The average molecular weight is 345 g/mol. The standard InChI is InChI=1S/C16H13BrN2S/c17-13-6-7-15-14(10-13)16(19-11-18-15)20-9-8-12-4-2-1-3-5-12/h1-7,10-11H,8-9H2. The molecule has 1 aromatic heterocycles. The first-order valence-electron chi connectivity index (χ1n) is 6.40. The van der Waals surface area contributed by atoms with Crippen LogP contribution >= 0.6 is 27.7 Å². The van der Waals surface area contributed by atoms with Gasteiger partial charge < -0.3 is 0 Å². The van der Waals surface area contributed by atoms with Crippen LogP contribution in [0.15, 0.2) is 64.4 Å². The van der Waals surface area contributed by atoms with Gasteiger partial charge in [-0.2, -0.15) is 0 Å².